The predicted octanol–water partition coefficient (Wildman–Crippen LogP) is 2.55. The van der Waals surface area contributed by atoms with Gasteiger partial charge in [-0.25, -0.2) is 4.79 Å². The van der Waals surface area contributed by atoms with Crippen molar-refractivity contribution in [1.29, 1.82) is 0 Å². The molecule has 2 aliphatic rings. The molecular weight excluding hydrogens is 246 g/mol. The summed E-state index contributed by atoms with van der Waals surface area (Å²) in [5.74, 6) is -0.859. The first kappa shape index (κ1) is 11.4. The van der Waals surface area contributed by atoms with Gasteiger partial charge >= 0.3 is 5.97 Å². The van der Waals surface area contributed by atoms with Crippen LogP contribution in [0.1, 0.15) is 0 Å². The summed E-state index contributed by atoms with van der Waals surface area (Å²) in [5.41, 5.74) is 1.54. The van der Waals surface area contributed by atoms with E-state index in [1.54, 1.807) is 17.8 Å². The average molecular weight is 259 g/mol. The Bertz CT molecular complexity index is 565. The van der Waals surface area contributed by atoms with Gasteiger partial charge in [0.1, 0.15) is 0 Å². The molecule has 0 aromatic heterocycles. The van der Waals surface area contributed by atoms with Crippen molar-refractivity contribution in [3.05, 3.63) is 48.1 Å². The molecular formula is C14H13NO2S. The number of aliphatic carboxylic acids is 1. The first-order valence-electron chi connectivity index (χ1n) is 5.78. The van der Waals surface area contributed by atoms with Crippen molar-refractivity contribution in [1.82, 2.24) is 0 Å². The van der Waals surface area contributed by atoms with E-state index >= 15 is 0 Å². The number of nitrogens with zero attached hydrogens (tertiary/aromatic N) is 1. The fraction of sp³-hybridized carbons (Fsp3) is 0.214. The minimum Gasteiger partial charge on any atom is -0.478 e. The van der Waals surface area contributed by atoms with Gasteiger partial charge in [0.25, 0.3) is 0 Å². The predicted molar refractivity (Wildman–Crippen MR) is 73.1 cm³/mol. The maximum absolute atomic E-state index is 11.0. The largest absolute Gasteiger partial charge is 0.478 e. The van der Waals surface area contributed by atoms with E-state index in [9.17, 15) is 4.79 Å². The van der Waals surface area contributed by atoms with Crippen LogP contribution in [0.5, 0.6) is 0 Å². The molecule has 0 amide bonds. The monoisotopic (exact) mass is 259 g/mol. The Kier molecular flexibility index (Phi) is 2.67. The van der Waals surface area contributed by atoms with Crippen molar-refractivity contribution >= 4 is 23.4 Å². The molecule has 0 spiro atoms. The maximum Gasteiger partial charge on any atom is 0.335 e. The van der Waals surface area contributed by atoms with E-state index in [4.69, 9.17) is 5.11 Å². The van der Waals surface area contributed by atoms with Crippen LogP contribution in [-0.4, -0.2) is 29.4 Å². The zero-order chi connectivity index (χ0) is 12.7. The SMILES string of the molecule is CN1c2ccccc2S[C@@H]2C=CC(C(=O)O)=C[C@H]21. The smallest absolute Gasteiger partial charge is 0.335 e. The molecule has 3 nitrogen and oxygen atoms in total. The standard InChI is InChI=1S/C14H13NO2S/c1-15-10-4-2-3-5-12(10)18-13-7-6-9(14(16)17)8-11(13)15/h2-8,11,13H,1H3,(H,16,17)/t11-,13-/m1/s1. The summed E-state index contributed by atoms with van der Waals surface area (Å²) in [6, 6.07) is 8.34. The number of carbonyl (C=O) groups is 1. The number of rotatable bonds is 1. The lowest BCUT2D eigenvalue weighted by atomic mass is 10.00. The van der Waals surface area contributed by atoms with Crippen molar-refractivity contribution in [2.75, 3.05) is 11.9 Å². The van der Waals surface area contributed by atoms with Gasteiger partial charge in [-0.2, -0.15) is 0 Å². The molecule has 1 aliphatic heterocycles. The Hall–Kier alpha value is -1.68. The topological polar surface area (TPSA) is 40.5 Å². The van der Waals surface area contributed by atoms with Crippen molar-refractivity contribution in [2.45, 2.75) is 16.2 Å². The Labute approximate surface area is 110 Å². The molecule has 92 valence electrons. The van der Waals surface area contributed by atoms with E-state index in [-0.39, 0.29) is 11.3 Å². The average Bonchev–Trinajstić information content (AvgIpc) is 2.38. The van der Waals surface area contributed by atoms with Gasteiger partial charge in [0.15, 0.2) is 0 Å². The number of carboxylic acid groups (broad SMARTS) is 1. The third-order valence-corrected chi connectivity index (χ3v) is 4.66. The Morgan fingerprint density at radius 1 is 1.39 bits per heavy atom. The fourth-order valence-electron chi connectivity index (χ4n) is 2.39. The first-order chi connectivity index (χ1) is 8.66. The maximum atomic E-state index is 11.0. The number of hydrogen-bond donors (Lipinski definition) is 1. The molecule has 0 saturated carbocycles. The summed E-state index contributed by atoms with van der Waals surface area (Å²) in [6.45, 7) is 0. The molecule has 1 aliphatic carbocycles. The quantitative estimate of drug-likeness (QED) is 0.841. The van der Waals surface area contributed by atoms with Gasteiger partial charge in [-0.15, -0.1) is 11.8 Å². The van der Waals surface area contributed by atoms with Crippen LogP contribution in [0.4, 0.5) is 5.69 Å². The molecule has 1 heterocycles. The van der Waals surface area contributed by atoms with Crippen LogP contribution in [0, 0.1) is 0 Å². The third-order valence-electron chi connectivity index (χ3n) is 3.35. The van der Waals surface area contributed by atoms with Crippen LogP contribution in [0.15, 0.2) is 53.0 Å². The molecule has 0 radical (unpaired) electrons. The van der Waals surface area contributed by atoms with Crippen LogP contribution >= 0.6 is 11.8 Å². The van der Waals surface area contributed by atoms with Crippen molar-refractivity contribution in [3.63, 3.8) is 0 Å². The lowest BCUT2D eigenvalue weighted by molar-refractivity contribution is -0.132. The lowest BCUT2D eigenvalue weighted by Gasteiger charge is -2.40. The number of likely N-dealkylation sites (N-methyl/N-ethyl adjacent to an activating group) is 1. The van der Waals surface area contributed by atoms with Gasteiger partial charge in [0.2, 0.25) is 0 Å². The molecule has 0 fully saturated rings. The molecule has 0 unspecified atom stereocenters. The van der Waals surface area contributed by atoms with Gasteiger partial charge in [0, 0.05) is 11.9 Å². The van der Waals surface area contributed by atoms with Gasteiger partial charge in [-0.3, -0.25) is 0 Å². The molecule has 4 heteroatoms. The summed E-state index contributed by atoms with van der Waals surface area (Å²) in [5, 5.41) is 9.35. The van der Waals surface area contributed by atoms with Gasteiger partial charge in [0.05, 0.1) is 22.6 Å². The minimum atomic E-state index is -0.859. The zero-order valence-corrected chi connectivity index (χ0v) is 10.7. The van der Waals surface area contributed by atoms with Gasteiger partial charge < -0.3 is 10.0 Å². The zero-order valence-electron chi connectivity index (χ0n) is 9.91. The normalized spacial score (nSPS) is 25.2. The van der Waals surface area contributed by atoms with Crippen molar-refractivity contribution in [3.8, 4) is 0 Å². The summed E-state index contributed by atoms with van der Waals surface area (Å²) in [4.78, 5) is 14.4. The van der Waals surface area contributed by atoms with Crippen LogP contribution in [-0.2, 0) is 4.79 Å². The second-order valence-electron chi connectivity index (χ2n) is 4.44. The second-order valence-corrected chi connectivity index (χ2v) is 5.66. The molecule has 18 heavy (non-hydrogen) atoms. The second kappa shape index (κ2) is 4.21. The molecule has 1 aromatic carbocycles. The molecule has 2 atom stereocenters. The summed E-state index contributed by atoms with van der Waals surface area (Å²) >= 11 is 1.79. The van der Waals surface area contributed by atoms with Crippen molar-refractivity contribution < 1.29 is 9.90 Å². The highest BCUT2D eigenvalue weighted by Crippen LogP contribution is 2.43. The summed E-state index contributed by atoms with van der Waals surface area (Å²) in [7, 11) is 2.02. The van der Waals surface area contributed by atoms with Gasteiger partial charge in [-0.1, -0.05) is 24.3 Å². The third kappa shape index (κ3) is 1.73. The Balaban J connectivity index is 2.02. The highest BCUT2D eigenvalue weighted by atomic mass is 32.2. The van der Waals surface area contributed by atoms with Crippen LogP contribution in [0.25, 0.3) is 0 Å². The molecule has 0 bridgehead atoms. The number of para-hydroxylation sites is 1. The summed E-state index contributed by atoms with van der Waals surface area (Å²) in [6.07, 6.45) is 5.54. The molecule has 1 aromatic rings. The van der Waals surface area contributed by atoms with E-state index in [1.807, 2.05) is 31.3 Å². The summed E-state index contributed by atoms with van der Waals surface area (Å²) < 4.78 is 0. The lowest BCUT2D eigenvalue weighted by Crippen LogP contribution is -2.42. The van der Waals surface area contributed by atoms with Gasteiger partial charge in [-0.05, 0) is 18.2 Å². The van der Waals surface area contributed by atoms with Crippen LogP contribution in [0.2, 0.25) is 0 Å². The number of thioether (sulfide) groups is 1. The van der Waals surface area contributed by atoms with E-state index in [0.717, 1.165) is 0 Å². The molecule has 3 rings (SSSR count). The molecule has 1 N–H and O–H groups in total. The minimum absolute atomic E-state index is 0.112. The van der Waals surface area contributed by atoms with E-state index in [1.165, 1.54) is 10.6 Å². The number of benzene rings is 1. The van der Waals surface area contributed by atoms with Crippen LogP contribution < -0.4 is 4.90 Å². The Morgan fingerprint density at radius 2 is 2.17 bits per heavy atom. The molecule has 0 saturated heterocycles. The van der Waals surface area contributed by atoms with Crippen molar-refractivity contribution in [2.24, 2.45) is 0 Å². The van der Waals surface area contributed by atoms with E-state index in [2.05, 4.69) is 17.0 Å². The highest BCUT2D eigenvalue weighted by Gasteiger charge is 2.32. The highest BCUT2D eigenvalue weighted by molar-refractivity contribution is 8.00. The number of anilines is 1. The number of fused-ring (bicyclic) bond motifs is 2. The van der Waals surface area contributed by atoms with E-state index < -0.39 is 5.97 Å². The first-order valence-corrected chi connectivity index (χ1v) is 6.66. The number of hydrogen-bond acceptors (Lipinski definition) is 3. The fourth-order valence-corrected chi connectivity index (χ4v) is 3.73. The van der Waals surface area contributed by atoms with Crippen LogP contribution in [0.3, 0.4) is 0 Å². The van der Waals surface area contributed by atoms with E-state index in [0.29, 0.717) is 5.57 Å². The Morgan fingerprint density at radius 3 is 2.94 bits per heavy atom. The number of carboxylic acids is 1.